The number of benzene rings is 1. The molecule has 0 spiro atoms. The maximum Gasteiger partial charge on any atom is 0.325 e. The van der Waals surface area contributed by atoms with Gasteiger partial charge in [-0.3, -0.25) is 0 Å². The van der Waals surface area contributed by atoms with Gasteiger partial charge in [-0.25, -0.2) is 13.4 Å². The largest absolute Gasteiger partial charge is 0.480 e. The molecule has 1 heterocycles. The van der Waals surface area contributed by atoms with Crippen LogP contribution in [0.25, 0.3) is 0 Å². The van der Waals surface area contributed by atoms with Crippen molar-refractivity contribution < 1.29 is 17.9 Å². The van der Waals surface area contributed by atoms with Crippen molar-refractivity contribution in [3.63, 3.8) is 0 Å². The van der Waals surface area contributed by atoms with Gasteiger partial charge in [-0.15, -0.1) is 0 Å². The van der Waals surface area contributed by atoms with Crippen LogP contribution >= 0.6 is 15.9 Å². The van der Waals surface area contributed by atoms with Crippen molar-refractivity contribution in [3.8, 4) is 17.6 Å². The number of aromatic nitrogens is 2. The highest BCUT2D eigenvalue weighted by atomic mass is 79.9. The minimum absolute atomic E-state index is 0.0655. The molecule has 0 unspecified atom stereocenters. The highest BCUT2D eigenvalue weighted by Gasteiger charge is 2.10. The van der Waals surface area contributed by atoms with Gasteiger partial charge >= 0.3 is 6.01 Å². The van der Waals surface area contributed by atoms with E-state index in [9.17, 15) is 8.42 Å². The Labute approximate surface area is 124 Å². The quantitative estimate of drug-likeness (QED) is 0.835. The minimum atomic E-state index is -3.29. The SMILES string of the molecule is COc1nc(Oc2cccc(S(C)(=O)=O)c2)ncc1Br. The molecule has 0 atom stereocenters. The molecule has 106 valence electrons. The van der Waals surface area contributed by atoms with Crippen molar-refractivity contribution in [2.75, 3.05) is 13.4 Å². The lowest BCUT2D eigenvalue weighted by atomic mass is 10.3. The maximum absolute atomic E-state index is 11.5. The molecule has 0 aliphatic rings. The van der Waals surface area contributed by atoms with Crippen LogP contribution in [0.5, 0.6) is 17.6 Å². The molecule has 6 nitrogen and oxygen atoms in total. The zero-order valence-electron chi connectivity index (χ0n) is 10.7. The molecule has 1 aromatic carbocycles. The van der Waals surface area contributed by atoms with Crippen molar-refractivity contribution in [2.24, 2.45) is 0 Å². The second kappa shape index (κ2) is 5.76. The number of nitrogens with zero attached hydrogens (tertiary/aromatic N) is 2. The Morgan fingerprint density at radius 2 is 2.05 bits per heavy atom. The first-order chi connectivity index (χ1) is 9.40. The summed E-state index contributed by atoms with van der Waals surface area (Å²) in [6.45, 7) is 0. The third-order valence-corrected chi connectivity index (χ3v) is 3.98. The molecule has 0 saturated carbocycles. The fourth-order valence-corrected chi connectivity index (χ4v) is 2.41. The number of rotatable bonds is 4. The Kier molecular flexibility index (Phi) is 4.24. The molecule has 2 rings (SSSR count). The molecule has 0 aliphatic carbocycles. The summed E-state index contributed by atoms with van der Waals surface area (Å²) in [7, 11) is -1.82. The summed E-state index contributed by atoms with van der Waals surface area (Å²) in [4.78, 5) is 8.16. The van der Waals surface area contributed by atoms with Crippen molar-refractivity contribution in [1.82, 2.24) is 9.97 Å². The monoisotopic (exact) mass is 358 g/mol. The normalized spacial score (nSPS) is 11.2. The first-order valence-corrected chi connectivity index (χ1v) is 8.13. The molecule has 1 aromatic heterocycles. The molecule has 8 heteroatoms. The third-order valence-electron chi connectivity index (χ3n) is 2.33. The van der Waals surface area contributed by atoms with Gasteiger partial charge in [0.15, 0.2) is 9.84 Å². The minimum Gasteiger partial charge on any atom is -0.480 e. The molecule has 0 amide bonds. The Hall–Kier alpha value is -1.67. The van der Waals surface area contributed by atoms with Crippen molar-refractivity contribution in [2.45, 2.75) is 4.90 Å². The van der Waals surface area contributed by atoms with Crippen LogP contribution in [-0.2, 0) is 9.84 Å². The van der Waals surface area contributed by atoms with Crippen molar-refractivity contribution in [1.29, 1.82) is 0 Å². The van der Waals surface area contributed by atoms with Crippen LogP contribution in [0.3, 0.4) is 0 Å². The number of sulfone groups is 1. The summed E-state index contributed by atoms with van der Waals surface area (Å²) < 4.78 is 34.0. The molecule has 0 aliphatic heterocycles. The molecule has 20 heavy (non-hydrogen) atoms. The van der Waals surface area contributed by atoms with E-state index in [-0.39, 0.29) is 10.9 Å². The van der Waals surface area contributed by atoms with Gasteiger partial charge in [0.05, 0.1) is 22.7 Å². The molecule has 0 radical (unpaired) electrons. The lowest BCUT2D eigenvalue weighted by molar-refractivity contribution is 0.373. The lowest BCUT2D eigenvalue weighted by Gasteiger charge is -2.07. The van der Waals surface area contributed by atoms with Gasteiger partial charge in [0.1, 0.15) is 5.75 Å². The Morgan fingerprint density at radius 3 is 2.70 bits per heavy atom. The van der Waals surface area contributed by atoms with E-state index in [1.54, 1.807) is 12.1 Å². The van der Waals surface area contributed by atoms with E-state index in [1.807, 2.05) is 0 Å². The van der Waals surface area contributed by atoms with Gasteiger partial charge in [-0.2, -0.15) is 4.98 Å². The first-order valence-electron chi connectivity index (χ1n) is 5.44. The second-order valence-corrected chi connectivity index (χ2v) is 6.73. The lowest BCUT2D eigenvalue weighted by Crippen LogP contribution is -1.99. The summed E-state index contributed by atoms with van der Waals surface area (Å²) in [6.07, 6.45) is 2.62. The van der Waals surface area contributed by atoms with E-state index in [0.717, 1.165) is 6.26 Å². The average molecular weight is 359 g/mol. The van der Waals surface area contributed by atoms with Crippen LogP contribution < -0.4 is 9.47 Å². The Morgan fingerprint density at radius 1 is 1.30 bits per heavy atom. The predicted molar refractivity (Wildman–Crippen MR) is 75.9 cm³/mol. The van der Waals surface area contributed by atoms with Crippen LogP contribution in [0.2, 0.25) is 0 Å². The van der Waals surface area contributed by atoms with E-state index in [4.69, 9.17) is 9.47 Å². The summed E-state index contributed by atoms with van der Waals surface area (Å²) in [5.74, 6) is 0.659. The second-order valence-electron chi connectivity index (χ2n) is 3.86. The van der Waals surface area contributed by atoms with Gasteiger partial charge in [0.2, 0.25) is 5.88 Å². The van der Waals surface area contributed by atoms with Crippen LogP contribution in [0.15, 0.2) is 39.8 Å². The van der Waals surface area contributed by atoms with Crippen LogP contribution in [0, 0.1) is 0 Å². The van der Waals surface area contributed by atoms with Gasteiger partial charge in [-0.1, -0.05) is 6.07 Å². The fraction of sp³-hybridized carbons (Fsp3) is 0.167. The van der Waals surface area contributed by atoms with E-state index in [2.05, 4.69) is 25.9 Å². The maximum atomic E-state index is 11.5. The van der Waals surface area contributed by atoms with E-state index >= 15 is 0 Å². The summed E-state index contributed by atoms with van der Waals surface area (Å²) >= 11 is 3.23. The molecule has 0 fully saturated rings. The van der Waals surface area contributed by atoms with Crippen LogP contribution in [-0.4, -0.2) is 31.8 Å². The highest BCUT2D eigenvalue weighted by Crippen LogP contribution is 2.26. The topological polar surface area (TPSA) is 78.4 Å². The first kappa shape index (κ1) is 14.7. The molecular formula is C12H11BrN2O4S. The van der Waals surface area contributed by atoms with Gasteiger partial charge in [0.25, 0.3) is 0 Å². The zero-order valence-corrected chi connectivity index (χ0v) is 13.1. The Balaban J connectivity index is 2.31. The number of hydrogen-bond donors (Lipinski definition) is 0. The molecule has 0 saturated heterocycles. The van der Waals surface area contributed by atoms with Gasteiger partial charge < -0.3 is 9.47 Å². The summed E-state index contributed by atoms with van der Waals surface area (Å²) in [5, 5.41) is 0. The molecule has 0 N–H and O–H groups in total. The number of ether oxygens (including phenoxy) is 2. The standard InChI is InChI=1S/C12H11BrN2O4S/c1-18-11-10(13)7-14-12(15-11)19-8-4-3-5-9(6-8)20(2,16)17/h3-7H,1-2H3. The summed E-state index contributed by atoms with van der Waals surface area (Å²) in [6, 6.07) is 6.17. The van der Waals surface area contributed by atoms with E-state index < -0.39 is 9.84 Å². The number of halogens is 1. The number of methoxy groups -OCH3 is 1. The summed E-state index contributed by atoms with van der Waals surface area (Å²) in [5.41, 5.74) is 0. The van der Waals surface area contributed by atoms with E-state index in [0.29, 0.717) is 16.1 Å². The Bertz CT molecular complexity index is 734. The van der Waals surface area contributed by atoms with Gasteiger partial charge in [-0.05, 0) is 34.1 Å². The smallest absolute Gasteiger partial charge is 0.325 e. The van der Waals surface area contributed by atoms with E-state index in [1.165, 1.54) is 25.4 Å². The third kappa shape index (κ3) is 3.45. The van der Waals surface area contributed by atoms with Crippen molar-refractivity contribution in [3.05, 3.63) is 34.9 Å². The number of hydrogen-bond acceptors (Lipinski definition) is 6. The molecular weight excluding hydrogens is 348 g/mol. The zero-order chi connectivity index (χ0) is 14.8. The average Bonchev–Trinajstić information content (AvgIpc) is 2.40. The van der Waals surface area contributed by atoms with Crippen LogP contribution in [0.4, 0.5) is 0 Å². The van der Waals surface area contributed by atoms with Crippen LogP contribution in [0.1, 0.15) is 0 Å². The fourth-order valence-electron chi connectivity index (χ4n) is 1.40. The van der Waals surface area contributed by atoms with Gasteiger partial charge in [0, 0.05) is 6.26 Å². The predicted octanol–water partition coefficient (Wildman–Crippen LogP) is 2.44. The molecule has 0 bridgehead atoms. The molecule has 2 aromatic rings. The van der Waals surface area contributed by atoms with Crippen molar-refractivity contribution >= 4 is 25.8 Å². The highest BCUT2D eigenvalue weighted by molar-refractivity contribution is 9.10.